The summed E-state index contributed by atoms with van der Waals surface area (Å²) in [6.45, 7) is 6.60. The molecule has 0 N–H and O–H groups in total. The molecule has 0 radical (unpaired) electrons. The van der Waals surface area contributed by atoms with Crippen molar-refractivity contribution in [3.63, 3.8) is 0 Å². The number of unbranched alkanes of at least 4 members (excludes halogenated alkanes) is 48. The Bertz CT molecular complexity index is 1400. The van der Waals surface area contributed by atoms with Gasteiger partial charge in [-0.15, -0.1) is 0 Å². The summed E-state index contributed by atoms with van der Waals surface area (Å²) in [7, 11) is 0. The van der Waals surface area contributed by atoms with Crippen LogP contribution in [0.5, 0.6) is 0 Å². The first-order valence-electron chi connectivity index (χ1n) is 36.1. The third kappa shape index (κ3) is 68.0. The van der Waals surface area contributed by atoms with Crippen LogP contribution in [0.2, 0.25) is 0 Å². The van der Waals surface area contributed by atoms with Gasteiger partial charge in [0.25, 0.3) is 0 Å². The molecular weight excluding hydrogens is 997 g/mol. The summed E-state index contributed by atoms with van der Waals surface area (Å²) in [5, 5.41) is 0. The molecule has 0 saturated heterocycles. The SMILES string of the molecule is CC/C=C\C/C=C\C/C=C\C/C=C\CCCCCCCCCCCCCCCCCCCCC(=O)OCC(COC(=O)CCCCCCCCCCCCCCC)OC(=O)CCCCCCCCCCCCCCCCCCCCC. The van der Waals surface area contributed by atoms with E-state index in [1.165, 1.54) is 270 Å². The smallest absolute Gasteiger partial charge is 0.306 e. The second kappa shape index (κ2) is 69.9. The van der Waals surface area contributed by atoms with Gasteiger partial charge in [-0.25, -0.2) is 0 Å². The molecule has 0 aliphatic carbocycles. The van der Waals surface area contributed by atoms with E-state index in [0.29, 0.717) is 19.3 Å². The molecule has 0 fully saturated rings. The van der Waals surface area contributed by atoms with Crippen LogP contribution >= 0.6 is 0 Å². The Morgan fingerprint density at radius 3 is 0.753 bits per heavy atom. The fourth-order valence-corrected chi connectivity index (χ4v) is 11.0. The van der Waals surface area contributed by atoms with Gasteiger partial charge in [0.2, 0.25) is 0 Å². The summed E-state index contributed by atoms with van der Waals surface area (Å²) in [6, 6.07) is 0. The molecule has 0 bridgehead atoms. The zero-order valence-electron chi connectivity index (χ0n) is 54.6. The molecule has 0 amide bonds. The number of esters is 3. The highest BCUT2D eigenvalue weighted by Crippen LogP contribution is 2.19. The molecule has 6 heteroatoms. The third-order valence-electron chi connectivity index (χ3n) is 16.3. The zero-order valence-corrected chi connectivity index (χ0v) is 54.6. The topological polar surface area (TPSA) is 78.9 Å². The lowest BCUT2D eigenvalue weighted by Crippen LogP contribution is -2.30. The summed E-state index contributed by atoms with van der Waals surface area (Å²) in [5.74, 6) is -0.832. The Morgan fingerprint density at radius 2 is 0.481 bits per heavy atom. The quantitative estimate of drug-likeness (QED) is 0.0261. The van der Waals surface area contributed by atoms with E-state index in [1.54, 1.807) is 0 Å². The summed E-state index contributed by atoms with van der Waals surface area (Å²) >= 11 is 0. The van der Waals surface area contributed by atoms with Gasteiger partial charge in [-0.3, -0.25) is 14.4 Å². The largest absolute Gasteiger partial charge is 0.462 e. The molecule has 0 aliphatic rings. The molecule has 0 saturated carbocycles. The normalized spacial score (nSPS) is 12.3. The van der Waals surface area contributed by atoms with Crippen molar-refractivity contribution in [1.82, 2.24) is 0 Å². The van der Waals surface area contributed by atoms with Gasteiger partial charge in [0.05, 0.1) is 0 Å². The number of carbonyl (C=O) groups excluding carboxylic acids is 3. The van der Waals surface area contributed by atoms with Crippen molar-refractivity contribution in [2.24, 2.45) is 0 Å². The molecule has 474 valence electrons. The molecule has 0 heterocycles. The minimum absolute atomic E-state index is 0.0647. The number of hydrogen-bond donors (Lipinski definition) is 0. The van der Waals surface area contributed by atoms with Gasteiger partial charge in [-0.1, -0.05) is 365 Å². The summed E-state index contributed by atoms with van der Waals surface area (Å²) in [6.07, 6.45) is 88.6. The number of carbonyl (C=O) groups is 3. The van der Waals surface area contributed by atoms with Gasteiger partial charge in [-0.05, 0) is 57.8 Å². The molecule has 0 aromatic carbocycles. The van der Waals surface area contributed by atoms with Crippen LogP contribution in [0.25, 0.3) is 0 Å². The highest BCUT2D eigenvalue weighted by Gasteiger charge is 2.19. The summed E-state index contributed by atoms with van der Waals surface area (Å²) in [4.78, 5) is 38.4. The van der Waals surface area contributed by atoms with Gasteiger partial charge >= 0.3 is 17.9 Å². The Labute approximate surface area is 505 Å². The first-order chi connectivity index (χ1) is 40.0. The average molecular weight is 1140 g/mol. The predicted molar refractivity (Wildman–Crippen MR) is 353 cm³/mol. The minimum atomic E-state index is -0.768. The molecule has 0 spiro atoms. The van der Waals surface area contributed by atoms with E-state index in [0.717, 1.165) is 83.5 Å². The first kappa shape index (κ1) is 78.4. The van der Waals surface area contributed by atoms with Crippen LogP contribution in [0.1, 0.15) is 393 Å². The Morgan fingerprint density at radius 1 is 0.259 bits per heavy atom. The van der Waals surface area contributed by atoms with Gasteiger partial charge in [0.15, 0.2) is 6.10 Å². The summed E-state index contributed by atoms with van der Waals surface area (Å²) < 4.78 is 17.0. The zero-order chi connectivity index (χ0) is 58.5. The van der Waals surface area contributed by atoms with E-state index in [-0.39, 0.29) is 31.1 Å². The number of rotatable bonds is 67. The van der Waals surface area contributed by atoms with Crippen LogP contribution in [-0.4, -0.2) is 37.2 Å². The van der Waals surface area contributed by atoms with Crippen LogP contribution in [-0.2, 0) is 28.6 Å². The van der Waals surface area contributed by atoms with E-state index in [4.69, 9.17) is 14.2 Å². The molecule has 1 atom stereocenters. The Kier molecular flexibility index (Phi) is 67.6. The van der Waals surface area contributed by atoms with E-state index < -0.39 is 6.10 Å². The second-order valence-electron chi connectivity index (χ2n) is 24.5. The van der Waals surface area contributed by atoms with Gasteiger partial charge in [-0.2, -0.15) is 0 Å². The summed E-state index contributed by atoms with van der Waals surface area (Å²) in [5.41, 5.74) is 0. The molecule has 0 aromatic rings. The van der Waals surface area contributed by atoms with Gasteiger partial charge in [0.1, 0.15) is 13.2 Å². The highest BCUT2D eigenvalue weighted by molar-refractivity contribution is 5.71. The molecule has 0 aromatic heterocycles. The maximum absolute atomic E-state index is 12.9. The van der Waals surface area contributed by atoms with Gasteiger partial charge < -0.3 is 14.2 Å². The Balaban J connectivity index is 4.15. The number of allylic oxidation sites excluding steroid dienone is 8. The third-order valence-corrected chi connectivity index (χ3v) is 16.3. The second-order valence-corrected chi connectivity index (χ2v) is 24.5. The van der Waals surface area contributed by atoms with E-state index in [9.17, 15) is 14.4 Å². The lowest BCUT2D eigenvalue weighted by molar-refractivity contribution is -0.167. The molecule has 0 rings (SSSR count). The fourth-order valence-electron chi connectivity index (χ4n) is 11.0. The molecule has 6 nitrogen and oxygen atoms in total. The standard InChI is InChI=1S/C75H138O6/c1-4-7-10-13-16-19-22-25-27-29-31-32-33-34-35-36-37-38-39-40-41-42-44-45-47-50-53-56-59-62-65-68-74(77)80-71-72(70-79-73(76)67-64-61-58-55-52-49-24-21-18-15-12-9-6-3)81-75(78)69-66-63-60-57-54-51-48-46-43-30-28-26-23-20-17-14-11-8-5-2/h7,10,16,19,25,27,31-32,72H,4-6,8-9,11-15,17-18,20-24,26,28-30,33-71H2,1-3H3/b10-7-,19-16-,27-25-,32-31-. The molecule has 81 heavy (non-hydrogen) atoms. The fraction of sp³-hybridized carbons (Fsp3) is 0.853. The van der Waals surface area contributed by atoms with Crippen molar-refractivity contribution in [3.05, 3.63) is 48.6 Å². The van der Waals surface area contributed by atoms with Gasteiger partial charge in [0, 0.05) is 19.3 Å². The van der Waals surface area contributed by atoms with Crippen LogP contribution in [0.3, 0.4) is 0 Å². The van der Waals surface area contributed by atoms with Crippen LogP contribution in [0.4, 0.5) is 0 Å². The molecule has 0 aliphatic heterocycles. The first-order valence-corrected chi connectivity index (χ1v) is 36.1. The van der Waals surface area contributed by atoms with Crippen molar-refractivity contribution < 1.29 is 28.6 Å². The van der Waals surface area contributed by atoms with Crippen molar-refractivity contribution in [1.29, 1.82) is 0 Å². The van der Waals surface area contributed by atoms with Crippen molar-refractivity contribution in [2.45, 2.75) is 399 Å². The predicted octanol–water partition coefficient (Wildman–Crippen LogP) is 24.9. The van der Waals surface area contributed by atoms with Crippen LogP contribution in [0, 0.1) is 0 Å². The maximum Gasteiger partial charge on any atom is 0.306 e. The minimum Gasteiger partial charge on any atom is -0.462 e. The monoisotopic (exact) mass is 1140 g/mol. The van der Waals surface area contributed by atoms with E-state index in [1.807, 2.05) is 0 Å². The lowest BCUT2D eigenvalue weighted by atomic mass is 10.0. The van der Waals surface area contributed by atoms with E-state index in [2.05, 4.69) is 69.4 Å². The van der Waals surface area contributed by atoms with Crippen LogP contribution < -0.4 is 0 Å². The highest BCUT2D eigenvalue weighted by atomic mass is 16.6. The average Bonchev–Trinajstić information content (AvgIpc) is 3.46. The lowest BCUT2D eigenvalue weighted by Gasteiger charge is -2.18. The maximum atomic E-state index is 12.9. The van der Waals surface area contributed by atoms with Crippen molar-refractivity contribution >= 4 is 17.9 Å². The molecule has 1 unspecified atom stereocenters. The van der Waals surface area contributed by atoms with Crippen molar-refractivity contribution in [3.8, 4) is 0 Å². The number of hydrogen-bond acceptors (Lipinski definition) is 6. The van der Waals surface area contributed by atoms with E-state index >= 15 is 0 Å². The number of ether oxygens (including phenoxy) is 3. The Hall–Kier alpha value is -2.63. The molecular formula is C75H138O6. The van der Waals surface area contributed by atoms with Crippen molar-refractivity contribution in [2.75, 3.05) is 13.2 Å². The van der Waals surface area contributed by atoms with Crippen LogP contribution in [0.15, 0.2) is 48.6 Å².